The lowest BCUT2D eigenvalue weighted by atomic mass is 10.2. The molecule has 26 heavy (non-hydrogen) atoms. The third kappa shape index (κ3) is 4.62. The SMILES string of the molecule is O=C(NCCCN1CCOCC1)[C@@H]1CCCN1S(=O)(=O)c1ccccc1. The molecule has 2 aliphatic heterocycles. The molecule has 8 heteroatoms. The predicted molar refractivity (Wildman–Crippen MR) is 98.2 cm³/mol. The van der Waals surface area contributed by atoms with Gasteiger partial charge in [0.1, 0.15) is 6.04 Å². The van der Waals surface area contributed by atoms with E-state index >= 15 is 0 Å². The van der Waals surface area contributed by atoms with Gasteiger partial charge in [0.05, 0.1) is 18.1 Å². The molecule has 1 aromatic rings. The van der Waals surface area contributed by atoms with Crippen molar-refractivity contribution in [3.8, 4) is 0 Å². The summed E-state index contributed by atoms with van der Waals surface area (Å²) < 4.78 is 32.3. The highest BCUT2D eigenvalue weighted by atomic mass is 32.2. The highest BCUT2D eigenvalue weighted by Gasteiger charge is 2.39. The van der Waals surface area contributed by atoms with E-state index in [4.69, 9.17) is 4.74 Å². The summed E-state index contributed by atoms with van der Waals surface area (Å²) in [5.41, 5.74) is 0. The smallest absolute Gasteiger partial charge is 0.243 e. The summed E-state index contributed by atoms with van der Waals surface area (Å²) in [5, 5.41) is 2.91. The van der Waals surface area contributed by atoms with Gasteiger partial charge in [-0.1, -0.05) is 18.2 Å². The number of carbonyl (C=O) groups excluding carboxylic acids is 1. The van der Waals surface area contributed by atoms with Crippen LogP contribution >= 0.6 is 0 Å². The Morgan fingerprint density at radius 2 is 1.88 bits per heavy atom. The summed E-state index contributed by atoms with van der Waals surface area (Å²) in [6.07, 6.45) is 2.13. The van der Waals surface area contributed by atoms with Crippen LogP contribution in [-0.2, 0) is 19.6 Å². The number of hydrogen-bond acceptors (Lipinski definition) is 5. The maximum Gasteiger partial charge on any atom is 0.243 e. The summed E-state index contributed by atoms with van der Waals surface area (Å²) in [6, 6.07) is 7.72. The van der Waals surface area contributed by atoms with Crippen molar-refractivity contribution < 1.29 is 17.9 Å². The monoisotopic (exact) mass is 381 g/mol. The molecule has 0 aliphatic carbocycles. The Morgan fingerprint density at radius 1 is 1.15 bits per heavy atom. The predicted octanol–water partition coefficient (Wildman–Crippen LogP) is 0.678. The first kappa shape index (κ1) is 19.3. The van der Waals surface area contributed by atoms with Gasteiger partial charge in [0.15, 0.2) is 0 Å². The molecular weight excluding hydrogens is 354 g/mol. The zero-order chi connectivity index (χ0) is 18.4. The van der Waals surface area contributed by atoms with Gasteiger partial charge >= 0.3 is 0 Å². The molecule has 7 nitrogen and oxygen atoms in total. The van der Waals surface area contributed by atoms with E-state index < -0.39 is 16.1 Å². The molecule has 3 rings (SSSR count). The third-order valence-corrected chi connectivity index (χ3v) is 6.83. The van der Waals surface area contributed by atoms with Crippen molar-refractivity contribution in [2.75, 3.05) is 45.9 Å². The van der Waals surface area contributed by atoms with Crippen LogP contribution in [-0.4, -0.2) is 75.5 Å². The number of amides is 1. The number of carbonyl (C=O) groups is 1. The number of benzene rings is 1. The van der Waals surface area contributed by atoms with E-state index in [2.05, 4.69) is 10.2 Å². The van der Waals surface area contributed by atoms with Gasteiger partial charge in [-0.15, -0.1) is 0 Å². The maximum atomic E-state index is 12.8. The lowest BCUT2D eigenvalue weighted by Crippen LogP contribution is -2.46. The molecule has 1 atom stereocenters. The Hall–Kier alpha value is -1.48. The van der Waals surface area contributed by atoms with E-state index in [9.17, 15) is 13.2 Å². The first-order valence-corrected chi connectivity index (χ1v) is 10.7. The minimum absolute atomic E-state index is 0.191. The Morgan fingerprint density at radius 3 is 2.62 bits per heavy atom. The van der Waals surface area contributed by atoms with Crippen molar-refractivity contribution in [2.45, 2.75) is 30.2 Å². The molecule has 0 aromatic heterocycles. The molecule has 0 spiro atoms. The Labute approximate surface area is 155 Å². The molecule has 0 bridgehead atoms. The van der Waals surface area contributed by atoms with Crippen LogP contribution in [0.3, 0.4) is 0 Å². The molecular formula is C18H27N3O4S. The average molecular weight is 381 g/mol. The van der Waals surface area contributed by atoms with Crippen LogP contribution in [0.15, 0.2) is 35.2 Å². The van der Waals surface area contributed by atoms with Gasteiger partial charge in [-0.05, 0) is 37.9 Å². The number of sulfonamides is 1. The zero-order valence-corrected chi connectivity index (χ0v) is 15.8. The van der Waals surface area contributed by atoms with Gasteiger partial charge in [0, 0.05) is 26.2 Å². The van der Waals surface area contributed by atoms with Gasteiger partial charge in [-0.25, -0.2) is 8.42 Å². The number of morpholine rings is 1. The molecule has 1 aromatic carbocycles. The van der Waals surface area contributed by atoms with Gasteiger partial charge in [0.2, 0.25) is 15.9 Å². The third-order valence-electron chi connectivity index (χ3n) is 4.91. The van der Waals surface area contributed by atoms with Crippen molar-refractivity contribution in [1.29, 1.82) is 0 Å². The van der Waals surface area contributed by atoms with Crippen LogP contribution in [0.25, 0.3) is 0 Å². The van der Waals surface area contributed by atoms with Crippen LogP contribution in [0.1, 0.15) is 19.3 Å². The molecule has 0 radical (unpaired) electrons. The summed E-state index contributed by atoms with van der Waals surface area (Å²) in [5.74, 6) is -0.191. The molecule has 2 heterocycles. The summed E-state index contributed by atoms with van der Waals surface area (Å²) >= 11 is 0. The summed E-state index contributed by atoms with van der Waals surface area (Å²) in [7, 11) is -3.63. The van der Waals surface area contributed by atoms with Crippen molar-refractivity contribution >= 4 is 15.9 Å². The van der Waals surface area contributed by atoms with E-state index in [0.29, 0.717) is 25.9 Å². The van der Waals surface area contributed by atoms with Crippen LogP contribution in [0.5, 0.6) is 0 Å². The lowest BCUT2D eigenvalue weighted by Gasteiger charge is -2.27. The fourth-order valence-electron chi connectivity index (χ4n) is 3.47. The van der Waals surface area contributed by atoms with Crippen molar-refractivity contribution in [1.82, 2.24) is 14.5 Å². The second-order valence-electron chi connectivity index (χ2n) is 6.69. The molecule has 0 unspecified atom stereocenters. The number of hydrogen-bond donors (Lipinski definition) is 1. The maximum absolute atomic E-state index is 12.8. The number of ether oxygens (including phenoxy) is 1. The number of rotatable bonds is 7. The molecule has 2 aliphatic rings. The molecule has 2 fully saturated rings. The van der Waals surface area contributed by atoms with Gasteiger partial charge in [-0.2, -0.15) is 4.31 Å². The van der Waals surface area contributed by atoms with E-state index in [-0.39, 0.29) is 10.8 Å². The van der Waals surface area contributed by atoms with Crippen LogP contribution < -0.4 is 5.32 Å². The molecule has 1 amide bonds. The minimum Gasteiger partial charge on any atom is -0.379 e. The normalized spacial score (nSPS) is 22.4. The molecule has 0 saturated carbocycles. The first-order chi connectivity index (χ1) is 12.6. The highest BCUT2D eigenvalue weighted by Crippen LogP contribution is 2.26. The van der Waals surface area contributed by atoms with E-state index in [1.165, 1.54) is 4.31 Å². The molecule has 2 saturated heterocycles. The van der Waals surface area contributed by atoms with E-state index in [0.717, 1.165) is 39.3 Å². The second kappa shape index (κ2) is 8.94. The summed E-state index contributed by atoms with van der Waals surface area (Å²) in [4.78, 5) is 15.1. The summed E-state index contributed by atoms with van der Waals surface area (Å²) in [6.45, 7) is 5.26. The van der Waals surface area contributed by atoms with Crippen molar-refractivity contribution in [3.63, 3.8) is 0 Å². The molecule has 144 valence electrons. The van der Waals surface area contributed by atoms with Crippen LogP contribution in [0.2, 0.25) is 0 Å². The topological polar surface area (TPSA) is 79.0 Å². The first-order valence-electron chi connectivity index (χ1n) is 9.24. The van der Waals surface area contributed by atoms with Gasteiger partial charge < -0.3 is 10.1 Å². The Balaban J connectivity index is 1.51. The van der Waals surface area contributed by atoms with Gasteiger partial charge in [0.25, 0.3) is 0 Å². The standard InChI is InChI=1S/C18H27N3O4S/c22-18(19-9-5-10-20-12-14-25-15-13-20)17-8-4-11-21(17)26(23,24)16-6-2-1-3-7-16/h1-3,6-7,17H,4-5,8-15H2,(H,19,22)/t17-/m0/s1. The minimum atomic E-state index is -3.63. The van der Waals surface area contributed by atoms with Gasteiger partial charge in [-0.3, -0.25) is 9.69 Å². The van der Waals surface area contributed by atoms with Crippen molar-refractivity contribution in [3.05, 3.63) is 30.3 Å². The lowest BCUT2D eigenvalue weighted by molar-refractivity contribution is -0.124. The average Bonchev–Trinajstić information content (AvgIpc) is 3.17. The van der Waals surface area contributed by atoms with E-state index in [1.54, 1.807) is 30.3 Å². The second-order valence-corrected chi connectivity index (χ2v) is 8.58. The Kier molecular flexibility index (Phi) is 6.63. The van der Waals surface area contributed by atoms with Crippen LogP contribution in [0, 0.1) is 0 Å². The molecule has 1 N–H and O–H groups in total. The quantitative estimate of drug-likeness (QED) is 0.703. The van der Waals surface area contributed by atoms with Crippen molar-refractivity contribution in [2.24, 2.45) is 0 Å². The fourth-order valence-corrected chi connectivity index (χ4v) is 5.15. The highest BCUT2D eigenvalue weighted by molar-refractivity contribution is 7.89. The number of nitrogens with one attached hydrogen (secondary N) is 1. The Bertz CT molecular complexity index is 690. The fraction of sp³-hybridized carbons (Fsp3) is 0.611. The number of nitrogens with zero attached hydrogens (tertiary/aromatic N) is 2. The van der Waals surface area contributed by atoms with Crippen LogP contribution in [0.4, 0.5) is 0 Å². The van der Waals surface area contributed by atoms with E-state index in [1.807, 2.05) is 0 Å². The largest absolute Gasteiger partial charge is 0.379 e. The zero-order valence-electron chi connectivity index (χ0n) is 15.0.